The molecule has 4 heteroatoms. The van der Waals surface area contributed by atoms with Crippen LogP contribution in [0.4, 0.5) is 4.39 Å². The molecule has 3 nitrogen and oxygen atoms in total. The van der Waals surface area contributed by atoms with E-state index in [2.05, 4.69) is 0 Å². The van der Waals surface area contributed by atoms with Crippen molar-refractivity contribution < 1.29 is 9.18 Å². The lowest BCUT2D eigenvalue weighted by atomic mass is 9.99. The molecule has 1 heterocycles. The molecule has 2 rings (SSSR count). The molecule has 1 amide bonds. The lowest BCUT2D eigenvalue weighted by molar-refractivity contribution is -0.134. The van der Waals surface area contributed by atoms with Gasteiger partial charge in [0.1, 0.15) is 5.82 Å². The first-order chi connectivity index (χ1) is 9.11. The fraction of sp³-hybridized carbons (Fsp3) is 0.533. The third kappa shape index (κ3) is 3.32. The van der Waals surface area contributed by atoms with E-state index in [0.717, 1.165) is 19.5 Å². The van der Waals surface area contributed by atoms with Crippen LogP contribution in [0.3, 0.4) is 0 Å². The van der Waals surface area contributed by atoms with Crippen LogP contribution in [0.2, 0.25) is 0 Å². The number of nitrogens with two attached hydrogens (primary N) is 1. The Hall–Kier alpha value is -1.42. The number of hydrogen-bond acceptors (Lipinski definition) is 2. The second-order valence-corrected chi connectivity index (χ2v) is 5.37. The van der Waals surface area contributed by atoms with Crippen LogP contribution in [0, 0.1) is 17.7 Å². The maximum absolute atomic E-state index is 13.6. The minimum absolute atomic E-state index is 0.110. The summed E-state index contributed by atoms with van der Waals surface area (Å²) in [6.07, 6.45) is 1.43. The normalized spacial score (nSPS) is 20.6. The molecule has 1 fully saturated rings. The lowest BCUT2D eigenvalue weighted by Crippen LogP contribution is -2.34. The summed E-state index contributed by atoms with van der Waals surface area (Å²) in [6, 6.07) is 6.65. The Bertz CT molecular complexity index is 450. The molecule has 2 atom stereocenters. The molecule has 1 aromatic rings. The molecule has 1 aliphatic rings. The van der Waals surface area contributed by atoms with Gasteiger partial charge in [-0.15, -0.1) is 0 Å². The Morgan fingerprint density at radius 2 is 2.26 bits per heavy atom. The van der Waals surface area contributed by atoms with E-state index in [1.807, 2.05) is 11.8 Å². The molecule has 1 aromatic carbocycles. The summed E-state index contributed by atoms with van der Waals surface area (Å²) >= 11 is 0. The average Bonchev–Trinajstić information content (AvgIpc) is 2.89. The Morgan fingerprint density at radius 3 is 2.89 bits per heavy atom. The molecular formula is C15H21FN2O. The first-order valence-electron chi connectivity index (χ1n) is 6.84. The highest BCUT2D eigenvalue weighted by atomic mass is 19.1. The van der Waals surface area contributed by atoms with Crippen molar-refractivity contribution in [3.63, 3.8) is 0 Å². The van der Waals surface area contributed by atoms with E-state index in [0.29, 0.717) is 24.4 Å². The Kier molecular flexibility index (Phi) is 4.53. The highest BCUT2D eigenvalue weighted by molar-refractivity contribution is 5.79. The van der Waals surface area contributed by atoms with Crippen LogP contribution in [-0.2, 0) is 11.2 Å². The maximum Gasteiger partial charge on any atom is 0.225 e. The zero-order valence-electron chi connectivity index (χ0n) is 11.3. The average molecular weight is 264 g/mol. The zero-order valence-corrected chi connectivity index (χ0v) is 11.3. The number of carbonyl (C=O) groups is 1. The third-order valence-corrected chi connectivity index (χ3v) is 3.84. The van der Waals surface area contributed by atoms with Crippen molar-refractivity contribution in [1.29, 1.82) is 0 Å². The third-order valence-electron chi connectivity index (χ3n) is 3.84. The number of benzene rings is 1. The van der Waals surface area contributed by atoms with Crippen molar-refractivity contribution in [1.82, 2.24) is 4.90 Å². The SMILES string of the molecule is C[C@H](Cc1ccccc1F)C(=O)N1CC[C@H](CN)C1. The second kappa shape index (κ2) is 6.15. The summed E-state index contributed by atoms with van der Waals surface area (Å²) in [6.45, 7) is 4.02. The topological polar surface area (TPSA) is 46.3 Å². The molecular weight excluding hydrogens is 243 g/mol. The smallest absolute Gasteiger partial charge is 0.225 e. The molecule has 1 saturated heterocycles. The van der Waals surface area contributed by atoms with Gasteiger partial charge in [0, 0.05) is 19.0 Å². The van der Waals surface area contributed by atoms with E-state index >= 15 is 0 Å². The van der Waals surface area contributed by atoms with Crippen LogP contribution in [0.1, 0.15) is 18.9 Å². The summed E-state index contributed by atoms with van der Waals surface area (Å²) in [7, 11) is 0. The molecule has 0 spiro atoms. The van der Waals surface area contributed by atoms with E-state index < -0.39 is 0 Å². The minimum atomic E-state index is -0.233. The first kappa shape index (κ1) is 14.0. The van der Waals surface area contributed by atoms with Crippen LogP contribution in [0.15, 0.2) is 24.3 Å². The summed E-state index contributed by atoms with van der Waals surface area (Å²) in [5.74, 6) is 0.112. The largest absolute Gasteiger partial charge is 0.342 e. The molecule has 0 radical (unpaired) electrons. The molecule has 1 aliphatic heterocycles. The number of amides is 1. The predicted octanol–water partition coefficient (Wildman–Crippen LogP) is 1.81. The van der Waals surface area contributed by atoms with Crippen LogP contribution in [0.25, 0.3) is 0 Å². The predicted molar refractivity (Wildman–Crippen MR) is 73.0 cm³/mol. The van der Waals surface area contributed by atoms with Gasteiger partial charge >= 0.3 is 0 Å². The minimum Gasteiger partial charge on any atom is -0.342 e. The number of hydrogen-bond donors (Lipinski definition) is 1. The van der Waals surface area contributed by atoms with Crippen molar-refractivity contribution in [2.75, 3.05) is 19.6 Å². The van der Waals surface area contributed by atoms with Gasteiger partial charge in [-0.05, 0) is 36.9 Å². The monoisotopic (exact) mass is 264 g/mol. The quantitative estimate of drug-likeness (QED) is 0.901. The number of likely N-dealkylation sites (tertiary alicyclic amines) is 1. The van der Waals surface area contributed by atoms with Gasteiger partial charge in [0.2, 0.25) is 5.91 Å². The molecule has 0 aliphatic carbocycles. The van der Waals surface area contributed by atoms with Crippen molar-refractivity contribution >= 4 is 5.91 Å². The van der Waals surface area contributed by atoms with Crippen molar-refractivity contribution in [2.24, 2.45) is 17.6 Å². The Labute approximate surface area is 113 Å². The first-order valence-corrected chi connectivity index (χ1v) is 6.84. The van der Waals surface area contributed by atoms with E-state index in [-0.39, 0.29) is 17.6 Å². The molecule has 0 unspecified atom stereocenters. The highest BCUT2D eigenvalue weighted by Gasteiger charge is 2.28. The maximum atomic E-state index is 13.6. The van der Waals surface area contributed by atoms with E-state index in [4.69, 9.17) is 5.73 Å². The number of nitrogens with zero attached hydrogens (tertiary/aromatic N) is 1. The van der Waals surface area contributed by atoms with Crippen molar-refractivity contribution in [3.8, 4) is 0 Å². The van der Waals surface area contributed by atoms with Gasteiger partial charge in [0.05, 0.1) is 0 Å². The number of carbonyl (C=O) groups excluding carboxylic acids is 1. The van der Waals surface area contributed by atoms with Gasteiger partial charge in [-0.3, -0.25) is 4.79 Å². The van der Waals surface area contributed by atoms with Crippen molar-refractivity contribution in [2.45, 2.75) is 19.8 Å². The summed E-state index contributed by atoms with van der Waals surface area (Å²) < 4.78 is 13.6. The van der Waals surface area contributed by atoms with Crippen molar-refractivity contribution in [3.05, 3.63) is 35.6 Å². The fourth-order valence-electron chi connectivity index (χ4n) is 2.62. The lowest BCUT2D eigenvalue weighted by Gasteiger charge is -2.21. The number of halogens is 1. The van der Waals surface area contributed by atoms with Crippen LogP contribution in [-0.4, -0.2) is 30.4 Å². The van der Waals surface area contributed by atoms with Crippen LogP contribution < -0.4 is 5.73 Å². The highest BCUT2D eigenvalue weighted by Crippen LogP contribution is 2.20. The van der Waals surface area contributed by atoms with Gasteiger partial charge in [-0.2, -0.15) is 0 Å². The molecule has 0 saturated carbocycles. The summed E-state index contributed by atoms with van der Waals surface area (Å²) in [4.78, 5) is 14.1. The van der Waals surface area contributed by atoms with E-state index in [1.54, 1.807) is 18.2 Å². The molecule has 0 bridgehead atoms. The second-order valence-electron chi connectivity index (χ2n) is 5.37. The number of rotatable bonds is 4. The van der Waals surface area contributed by atoms with E-state index in [9.17, 15) is 9.18 Å². The van der Waals surface area contributed by atoms with Gasteiger partial charge < -0.3 is 10.6 Å². The molecule has 19 heavy (non-hydrogen) atoms. The summed E-state index contributed by atoms with van der Waals surface area (Å²) in [5, 5.41) is 0. The van der Waals surface area contributed by atoms with E-state index in [1.165, 1.54) is 6.07 Å². The summed E-state index contributed by atoms with van der Waals surface area (Å²) in [5.41, 5.74) is 6.24. The molecule has 104 valence electrons. The Balaban J connectivity index is 1.95. The zero-order chi connectivity index (χ0) is 13.8. The van der Waals surface area contributed by atoms with Crippen LogP contribution in [0.5, 0.6) is 0 Å². The molecule has 0 aromatic heterocycles. The van der Waals surface area contributed by atoms with Crippen LogP contribution >= 0.6 is 0 Å². The van der Waals surface area contributed by atoms with Gasteiger partial charge in [-0.25, -0.2) is 4.39 Å². The fourth-order valence-corrected chi connectivity index (χ4v) is 2.62. The van der Waals surface area contributed by atoms with Gasteiger partial charge in [0.25, 0.3) is 0 Å². The molecule has 2 N–H and O–H groups in total. The standard InChI is InChI=1S/C15H21FN2O/c1-11(8-13-4-2-3-5-14(13)16)15(19)18-7-6-12(9-17)10-18/h2-5,11-12H,6-10,17H2,1H3/t11-,12-/m1/s1. The van der Waals surface area contributed by atoms with Gasteiger partial charge in [-0.1, -0.05) is 25.1 Å². The Morgan fingerprint density at radius 1 is 1.53 bits per heavy atom. The van der Waals surface area contributed by atoms with Gasteiger partial charge in [0.15, 0.2) is 0 Å².